The third-order valence-corrected chi connectivity index (χ3v) is 4.85. The van der Waals surface area contributed by atoms with E-state index in [1.165, 1.54) is 0 Å². The highest BCUT2D eigenvalue weighted by Gasteiger charge is 2.44. The maximum absolute atomic E-state index is 12.9. The van der Waals surface area contributed by atoms with Crippen LogP contribution >= 0.6 is 0 Å². The largest absolute Gasteiger partial charge is 0.461 e. The summed E-state index contributed by atoms with van der Waals surface area (Å²) in [5.74, 6) is 0.940. The number of esters is 1. The smallest absolute Gasteiger partial charge is 0.316 e. The number of aromatic nitrogens is 1. The molecule has 2 aromatic heterocycles. The Morgan fingerprint density at radius 3 is 2.60 bits per heavy atom. The average Bonchev–Trinajstić information content (AvgIpc) is 3.42. The van der Waals surface area contributed by atoms with Crippen molar-refractivity contribution in [1.29, 1.82) is 0 Å². The van der Waals surface area contributed by atoms with Crippen molar-refractivity contribution in [3.63, 3.8) is 0 Å². The predicted octanol–water partition coefficient (Wildman–Crippen LogP) is 4.49. The van der Waals surface area contributed by atoms with Crippen molar-refractivity contribution >= 4 is 5.97 Å². The van der Waals surface area contributed by atoms with Gasteiger partial charge in [0.15, 0.2) is 5.76 Å². The minimum Gasteiger partial charge on any atom is -0.461 e. The van der Waals surface area contributed by atoms with Crippen LogP contribution in [0.5, 0.6) is 0 Å². The van der Waals surface area contributed by atoms with Gasteiger partial charge in [-0.1, -0.05) is 48.3 Å². The maximum Gasteiger partial charge on any atom is 0.316 e. The van der Waals surface area contributed by atoms with Crippen molar-refractivity contribution < 1.29 is 18.5 Å². The van der Waals surface area contributed by atoms with Crippen LogP contribution < -0.4 is 0 Å². The van der Waals surface area contributed by atoms with Crippen molar-refractivity contribution in [3.05, 3.63) is 66.1 Å². The summed E-state index contributed by atoms with van der Waals surface area (Å²) in [6.45, 7) is 0.0949. The number of ether oxygens (including phenoxy) is 1. The number of rotatable bonds is 5. The third kappa shape index (κ3) is 2.97. The van der Waals surface area contributed by atoms with Gasteiger partial charge in [-0.15, -0.1) is 0 Å². The lowest BCUT2D eigenvalue weighted by Gasteiger charge is -2.27. The lowest BCUT2D eigenvalue weighted by atomic mass is 9.79. The van der Waals surface area contributed by atoms with Gasteiger partial charge in [0.05, 0.1) is 11.7 Å². The number of nitrogens with zero attached hydrogens (tertiary/aromatic N) is 1. The second-order valence-electron chi connectivity index (χ2n) is 6.39. The molecule has 25 heavy (non-hydrogen) atoms. The summed E-state index contributed by atoms with van der Waals surface area (Å²) in [5, 5.41) is 3.95. The molecule has 4 rings (SSSR count). The molecule has 0 N–H and O–H groups in total. The maximum atomic E-state index is 12.9. The second kappa shape index (κ2) is 6.59. The first-order chi connectivity index (χ1) is 12.3. The number of hydrogen-bond acceptors (Lipinski definition) is 5. The van der Waals surface area contributed by atoms with Gasteiger partial charge in [0.2, 0.25) is 5.76 Å². The fourth-order valence-electron chi connectivity index (χ4n) is 3.54. The average molecular weight is 337 g/mol. The fourth-order valence-corrected chi connectivity index (χ4v) is 3.54. The summed E-state index contributed by atoms with van der Waals surface area (Å²) in [6, 6.07) is 15.2. The normalized spacial score (nSPS) is 16.0. The first-order valence-corrected chi connectivity index (χ1v) is 8.50. The van der Waals surface area contributed by atoms with Crippen LogP contribution in [-0.2, 0) is 21.6 Å². The van der Waals surface area contributed by atoms with E-state index in [-0.39, 0.29) is 12.6 Å². The van der Waals surface area contributed by atoms with Crippen LogP contribution in [0.15, 0.2) is 63.7 Å². The summed E-state index contributed by atoms with van der Waals surface area (Å²) < 4.78 is 16.1. The lowest BCUT2D eigenvalue weighted by molar-refractivity contribution is -0.152. The standard InChI is InChI=1S/C20H19NO4/c22-19(20(10-4-5-11-20)15-7-2-1-3-8-15)24-14-16-13-18(25-21-16)17-9-6-12-23-17/h1-3,6-9,12-13H,4-5,10-11,14H2. The Kier molecular flexibility index (Phi) is 4.14. The van der Waals surface area contributed by atoms with Crippen LogP contribution in [0.1, 0.15) is 36.9 Å². The van der Waals surface area contributed by atoms with Crippen molar-refractivity contribution in [2.24, 2.45) is 0 Å². The molecule has 5 nitrogen and oxygen atoms in total. The minimum atomic E-state index is -0.533. The molecular weight excluding hydrogens is 318 g/mol. The highest BCUT2D eigenvalue weighted by Crippen LogP contribution is 2.42. The Labute approximate surface area is 145 Å². The van der Waals surface area contributed by atoms with Crippen LogP contribution in [0.25, 0.3) is 11.5 Å². The zero-order chi connectivity index (χ0) is 17.1. The number of benzene rings is 1. The minimum absolute atomic E-state index is 0.0949. The van der Waals surface area contributed by atoms with Gasteiger partial charge in [-0.3, -0.25) is 4.79 Å². The van der Waals surface area contributed by atoms with Crippen LogP contribution in [0.3, 0.4) is 0 Å². The van der Waals surface area contributed by atoms with Crippen LogP contribution in [0, 0.1) is 0 Å². The summed E-state index contributed by atoms with van der Waals surface area (Å²) >= 11 is 0. The number of carbonyl (C=O) groups excluding carboxylic acids is 1. The molecule has 1 saturated carbocycles. The number of furan rings is 1. The highest BCUT2D eigenvalue weighted by molar-refractivity contribution is 5.83. The van der Waals surface area contributed by atoms with Crippen LogP contribution in [0.4, 0.5) is 0 Å². The van der Waals surface area contributed by atoms with Gasteiger partial charge in [0.25, 0.3) is 0 Å². The molecule has 1 fully saturated rings. The summed E-state index contributed by atoms with van der Waals surface area (Å²) in [6.07, 6.45) is 5.30. The van der Waals surface area contributed by atoms with Crippen LogP contribution in [-0.4, -0.2) is 11.1 Å². The van der Waals surface area contributed by atoms with Crippen LogP contribution in [0.2, 0.25) is 0 Å². The molecule has 2 heterocycles. The molecule has 0 saturated heterocycles. The SMILES string of the molecule is O=C(OCc1cc(-c2ccco2)on1)C1(c2ccccc2)CCCC1. The molecule has 0 bridgehead atoms. The number of carbonyl (C=O) groups is 1. The molecule has 0 amide bonds. The van der Waals surface area contributed by atoms with E-state index in [1.807, 2.05) is 30.3 Å². The van der Waals surface area contributed by atoms with Crippen molar-refractivity contribution in [2.45, 2.75) is 37.7 Å². The Balaban J connectivity index is 1.48. The zero-order valence-electron chi connectivity index (χ0n) is 13.8. The Morgan fingerprint density at radius 1 is 1.08 bits per heavy atom. The molecule has 1 aromatic carbocycles. The first kappa shape index (κ1) is 15.7. The van der Waals surface area contributed by atoms with E-state index in [9.17, 15) is 4.79 Å². The fraction of sp³-hybridized carbons (Fsp3) is 0.300. The van der Waals surface area contributed by atoms with Gasteiger partial charge in [-0.05, 0) is 30.5 Å². The molecule has 1 aliphatic rings. The molecule has 1 aliphatic carbocycles. The van der Waals surface area contributed by atoms with Gasteiger partial charge < -0.3 is 13.7 Å². The third-order valence-electron chi connectivity index (χ3n) is 4.85. The molecular formula is C20H19NO4. The zero-order valence-corrected chi connectivity index (χ0v) is 13.8. The van der Waals surface area contributed by atoms with E-state index < -0.39 is 5.41 Å². The van der Waals surface area contributed by atoms with Crippen molar-refractivity contribution in [1.82, 2.24) is 5.16 Å². The summed E-state index contributed by atoms with van der Waals surface area (Å²) in [4.78, 5) is 12.9. The van der Waals surface area contributed by atoms with Crippen molar-refractivity contribution in [2.75, 3.05) is 0 Å². The van der Waals surface area contributed by atoms with Gasteiger partial charge in [0.1, 0.15) is 12.3 Å². The number of hydrogen-bond donors (Lipinski definition) is 0. The second-order valence-corrected chi connectivity index (χ2v) is 6.39. The first-order valence-electron chi connectivity index (χ1n) is 8.50. The topological polar surface area (TPSA) is 65.5 Å². The van der Waals surface area contributed by atoms with Gasteiger partial charge >= 0.3 is 5.97 Å². The molecule has 5 heteroatoms. The van der Waals surface area contributed by atoms with Gasteiger partial charge in [-0.2, -0.15) is 0 Å². The Bertz CT molecular complexity index is 830. The Morgan fingerprint density at radius 2 is 1.88 bits per heavy atom. The Hall–Kier alpha value is -2.82. The molecule has 0 radical (unpaired) electrons. The molecule has 0 unspecified atom stereocenters. The molecule has 0 aliphatic heterocycles. The van der Waals surface area contributed by atoms with E-state index in [0.29, 0.717) is 17.2 Å². The van der Waals surface area contributed by atoms with E-state index >= 15 is 0 Å². The van der Waals surface area contributed by atoms with E-state index in [4.69, 9.17) is 13.7 Å². The quantitative estimate of drug-likeness (QED) is 0.642. The van der Waals surface area contributed by atoms with E-state index in [1.54, 1.807) is 24.5 Å². The van der Waals surface area contributed by atoms with E-state index in [2.05, 4.69) is 5.16 Å². The molecule has 0 atom stereocenters. The molecule has 0 spiro atoms. The lowest BCUT2D eigenvalue weighted by Crippen LogP contribution is -2.34. The van der Waals surface area contributed by atoms with Gasteiger partial charge in [-0.25, -0.2) is 0 Å². The summed E-state index contributed by atoms with van der Waals surface area (Å²) in [5.41, 5.74) is 1.07. The highest BCUT2D eigenvalue weighted by atomic mass is 16.5. The molecule has 3 aromatic rings. The summed E-state index contributed by atoms with van der Waals surface area (Å²) in [7, 11) is 0. The molecule has 128 valence electrons. The van der Waals surface area contributed by atoms with E-state index in [0.717, 1.165) is 31.2 Å². The van der Waals surface area contributed by atoms with Gasteiger partial charge in [0, 0.05) is 6.07 Å². The van der Waals surface area contributed by atoms with Crippen molar-refractivity contribution in [3.8, 4) is 11.5 Å². The monoisotopic (exact) mass is 337 g/mol. The predicted molar refractivity (Wildman–Crippen MR) is 90.6 cm³/mol.